The molecule has 1 N–H and O–H groups in total. The van der Waals surface area contributed by atoms with Crippen LogP contribution in [0.3, 0.4) is 0 Å². The molecule has 1 saturated heterocycles. The first-order valence-electron chi connectivity index (χ1n) is 8.19. The van der Waals surface area contributed by atoms with Gasteiger partial charge in [-0.25, -0.2) is 8.42 Å². The third-order valence-electron chi connectivity index (χ3n) is 4.39. The molecule has 3 rings (SSSR count). The molecule has 0 spiro atoms. The fourth-order valence-electron chi connectivity index (χ4n) is 2.93. The zero-order valence-corrected chi connectivity index (χ0v) is 17.0. The Morgan fingerprint density at radius 3 is 2.31 bits per heavy atom. The Morgan fingerprint density at radius 2 is 1.69 bits per heavy atom. The number of hydrogen-bond donors (Lipinski definition) is 1. The highest BCUT2D eigenvalue weighted by molar-refractivity contribution is 9.10. The molecule has 0 saturated carbocycles. The second-order valence-corrected chi connectivity index (χ2v) is 9.33. The van der Waals surface area contributed by atoms with Gasteiger partial charge in [0.1, 0.15) is 4.90 Å². The fraction of sp³-hybridized carbons (Fsp3) is 0.278. The minimum atomic E-state index is -3.64. The van der Waals surface area contributed by atoms with Crippen LogP contribution in [0.2, 0.25) is 5.02 Å². The van der Waals surface area contributed by atoms with Crippen LogP contribution < -0.4 is 5.32 Å². The number of halogens is 2. The molecule has 138 valence electrons. The van der Waals surface area contributed by atoms with Crippen LogP contribution >= 0.6 is 27.5 Å². The Bertz CT molecular complexity index is 895. The third kappa shape index (κ3) is 4.28. The van der Waals surface area contributed by atoms with E-state index < -0.39 is 10.0 Å². The number of carbonyl (C=O) groups is 1. The molecule has 1 aliphatic rings. The van der Waals surface area contributed by atoms with Crippen molar-refractivity contribution in [1.29, 1.82) is 0 Å². The predicted octanol–water partition coefficient (Wildman–Crippen LogP) is 4.14. The van der Waals surface area contributed by atoms with E-state index >= 15 is 0 Å². The number of rotatable bonds is 4. The lowest BCUT2D eigenvalue weighted by Crippen LogP contribution is -2.41. The molecule has 8 heteroatoms. The summed E-state index contributed by atoms with van der Waals surface area (Å²) < 4.78 is 27.8. The summed E-state index contributed by atoms with van der Waals surface area (Å²) in [6.07, 6.45) is 0.956. The van der Waals surface area contributed by atoms with Gasteiger partial charge in [0.25, 0.3) is 0 Å². The molecular formula is C18H18BrClN2O3S. The minimum Gasteiger partial charge on any atom is -0.326 e. The van der Waals surface area contributed by atoms with Gasteiger partial charge in [-0.2, -0.15) is 4.31 Å². The lowest BCUT2D eigenvalue weighted by atomic mass is 9.97. The van der Waals surface area contributed by atoms with E-state index in [1.807, 2.05) is 24.3 Å². The maximum Gasteiger partial charge on any atom is 0.244 e. The SMILES string of the molecule is O=C(Nc1ccc(Br)cc1)C1CCN(S(=O)(=O)c2ccccc2Cl)CC1. The van der Waals surface area contributed by atoms with Crippen LogP contribution in [-0.4, -0.2) is 31.7 Å². The molecule has 0 atom stereocenters. The lowest BCUT2D eigenvalue weighted by molar-refractivity contribution is -0.120. The molecular weight excluding hydrogens is 440 g/mol. The van der Waals surface area contributed by atoms with Crippen molar-refractivity contribution >= 4 is 49.1 Å². The van der Waals surface area contributed by atoms with Crippen LogP contribution in [0.1, 0.15) is 12.8 Å². The van der Waals surface area contributed by atoms with E-state index in [1.165, 1.54) is 10.4 Å². The van der Waals surface area contributed by atoms with Crippen molar-refractivity contribution in [3.8, 4) is 0 Å². The van der Waals surface area contributed by atoms with E-state index in [1.54, 1.807) is 18.2 Å². The fourth-order valence-corrected chi connectivity index (χ4v) is 5.16. The quantitative estimate of drug-likeness (QED) is 0.750. The largest absolute Gasteiger partial charge is 0.326 e. The Labute approximate surface area is 166 Å². The smallest absolute Gasteiger partial charge is 0.244 e. The molecule has 0 radical (unpaired) electrons. The number of amides is 1. The normalized spacial score (nSPS) is 16.4. The summed E-state index contributed by atoms with van der Waals surface area (Å²) in [6, 6.07) is 13.8. The summed E-state index contributed by atoms with van der Waals surface area (Å²) >= 11 is 9.39. The van der Waals surface area contributed by atoms with Crippen LogP contribution in [0.15, 0.2) is 57.9 Å². The van der Waals surface area contributed by atoms with Crippen LogP contribution in [0.4, 0.5) is 5.69 Å². The summed E-state index contributed by atoms with van der Waals surface area (Å²) in [7, 11) is -3.64. The maximum atomic E-state index is 12.7. The topological polar surface area (TPSA) is 66.5 Å². The lowest BCUT2D eigenvalue weighted by Gasteiger charge is -2.30. The third-order valence-corrected chi connectivity index (χ3v) is 7.32. The molecule has 0 unspecified atom stereocenters. The number of sulfonamides is 1. The van der Waals surface area contributed by atoms with Gasteiger partial charge in [0, 0.05) is 29.2 Å². The first-order chi connectivity index (χ1) is 12.4. The molecule has 5 nitrogen and oxygen atoms in total. The molecule has 1 amide bonds. The number of hydrogen-bond acceptors (Lipinski definition) is 3. The molecule has 1 fully saturated rings. The molecule has 1 aliphatic heterocycles. The van der Waals surface area contributed by atoms with E-state index in [2.05, 4.69) is 21.2 Å². The Balaban J connectivity index is 1.62. The number of piperidine rings is 1. The maximum absolute atomic E-state index is 12.7. The number of nitrogens with zero attached hydrogens (tertiary/aromatic N) is 1. The Morgan fingerprint density at radius 1 is 1.08 bits per heavy atom. The van der Waals surface area contributed by atoms with Crippen molar-refractivity contribution in [1.82, 2.24) is 4.31 Å². The van der Waals surface area contributed by atoms with Gasteiger partial charge in [-0.3, -0.25) is 4.79 Å². The van der Waals surface area contributed by atoms with Crippen molar-refractivity contribution in [3.05, 3.63) is 58.0 Å². The zero-order valence-electron chi connectivity index (χ0n) is 13.9. The number of anilines is 1. The highest BCUT2D eigenvalue weighted by Crippen LogP contribution is 2.28. The highest BCUT2D eigenvalue weighted by Gasteiger charge is 2.33. The summed E-state index contributed by atoms with van der Waals surface area (Å²) in [5.74, 6) is -0.293. The molecule has 0 aromatic heterocycles. The summed E-state index contributed by atoms with van der Waals surface area (Å²) in [5.41, 5.74) is 0.726. The van der Waals surface area contributed by atoms with Gasteiger partial charge in [-0.1, -0.05) is 39.7 Å². The average Bonchev–Trinajstić information content (AvgIpc) is 2.64. The van der Waals surface area contributed by atoms with Crippen LogP contribution in [0.5, 0.6) is 0 Å². The van der Waals surface area contributed by atoms with Gasteiger partial charge < -0.3 is 5.32 Å². The van der Waals surface area contributed by atoms with Crippen LogP contribution in [0, 0.1) is 5.92 Å². The number of carbonyl (C=O) groups excluding carboxylic acids is 1. The van der Waals surface area contributed by atoms with E-state index in [9.17, 15) is 13.2 Å². The monoisotopic (exact) mass is 456 g/mol. The van der Waals surface area contributed by atoms with Gasteiger partial charge in [-0.15, -0.1) is 0 Å². The van der Waals surface area contributed by atoms with E-state index in [0.29, 0.717) is 25.9 Å². The van der Waals surface area contributed by atoms with E-state index in [-0.39, 0.29) is 21.7 Å². The molecule has 0 bridgehead atoms. The second-order valence-electron chi connectivity index (χ2n) is 6.10. The van der Waals surface area contributed by atoms with Crippen molar-refractivity contribution in [2.75, 3.05) is 18.4 Å². The van der Waals surface area contributed by atoms with Gasteiger partial charge in [0.2, 0.25) is 15.9 Å². The van der Waals surface area contributed by atoms with Crippen molar-refractivity contribution in [3.63, 3.8) is 0 Å². The van der Waals surface area contributed by atoms with Gasteiger partial charge in [0.05, 0.1) is 5.02 Å². The molecule has 0 aliphatic carbocycles. The molecule has 2 aromatic rings. The number of nitrogens with one attached hydrogen (secondary N) is 1. The Hall–Kier alpha value is -1.41. The van der Waals surface area contributed by atoms with Crippen molar-refractivity contribution in [2.45, 2.75) is 17.7 Å². The Kier molecular flexibility index (Phi) is 6.02. The summed E-state index contributed by atoms with van der Waals surface area (Å²) in [6.45, 7) is 0.595. The van der Waals surface area contributed by atoms with Crippen LogP contribution in [0.25, 0.3) is 0 Å². The minimum absolute atomic E-state index is 0.0814. The molecule has 1 heterocycles. The second kappa shape index (κ2) is 8.08. The summed E-state index contributed by atoms with van der Waals surface area (Å²) in [4.78, 5) is 12.5. The van der Waals surface area contributed by atoms with Crippen molar-refractivity contribution < 1.29 is 13.2 Å². The first-order valence-corrected chi connectivity index (χ1v) is 10.8. The van der Waals surface area contributed by atoms with E-state index in [0.717, 1.165) is 10.2 Å². The molecule has 26 heavy (non-hydrogen) atoms. The average molecular weight is 458 g/mol. The number of benzene rings is 2. The summed E-state index contributed by atoms with van der Waals surface area (Å²) in [5, 5.41) is 3.10. The highest BCUT2D eigenvalue weighted by atomic mass is 79.9. The van der Waals surface area contributed by atoms with Gasteiger partial charge in [0.15, 0.2) is 0 Å². The zero-order chi connectivity index (χ0) is 18.7. The van der Waals surface area contributed by atoms with Crippen LogP contribution in [-0.2, 0) is 14.8 Å². The standard InChI is InChI=1S/C18H18BrClN2O3S/c19-14-5-7-15(8-6-14)21-18(23)13-9-11-22(12-10-13)26(24,25)17-4-2-1-3-16(17)20/h1-8,13H,9-12H2,(H,21,23). The first kappa shape index (κ1) is 19.4. The van der Waals surface area contributed by atoms with Gasteiger partial charge in [-0.05, 0) is 49.2 Å². The van der Waals surface area contributed by atoms with E-state index in [4.69, 9.17) is 11.6 Å². The van der Waals surface area contributed by atoms with Crippen molar-refractivity contribution in [2.24, 2.45) is 5.92 Å². The predicted molar refractivity (Wildman–Crippen MR) is 106 cm³/mol. The molecule has 2 aromatic carbocycles. The van der Waals surface area contributed by atoms with Gasteiger partial charge >= 0.3 is 0 Å².